The molecule has 2 atom stereocenters. The van der Waals surface area contributed by atoms with Gasteiger partial charge in [-0.1, -0.05) is 24.3 Å². The molecular formula is C22H26N4O2. The van der Waals surface area contributed by atoms with E-state index in [-0.39, 0.29) is 23.1 Å². The molecule has 4 heterocycles. The average Bonchev–Trinajstić information content (AvgIpc) is 2.90. The zero-order valence-corrected chi connectivity index (χ0v) is 16.2. The number of piperidine rings is 1. The number of benzene rings is 1. The maximum Gasteiger partial charge on any atom is 0.263 e. The lowest BCUT2D eigenvalue weighted by molar-refractivity contribution is 0.0579. The van der Waals surface area contributed by atoms with E-state index >= 15 is 0 Å². The molecule has 1 aromatic carbocycles. The van der Waals surface area contributed by atoms with Crippen LogP contribution in [0.25, 0.3) is 0 Å². The van der Waals surface area contributed by atoms with E-state index in [9.17, 15) is 9.59 Å². The molecular weight excluding hydrogens is 352 g/mol. The number of carbonyl (C=O) groups is 1. The van der Waals surface area contributed by atoms with Crippen molar-refractivity contribution in [2.75, 3.05) is 19.6 Å². The fraction of sp³-hybridized carbons (Fsp3) is 0.500. The fourth-order valence-corrected chi connectivity index (χ4v) is 5.25. The van der Waals surface area contributed by atoms with Crippen LogP contribution in [-0.2, 0) is 12.8 Å². The first-order valence-electron chi connectivity index (χ1n) is 10.3. The minimum absolute atomic E-state index is 0.165. The van der Waals surface area contributed by atoms with Crippen LogP contribution in [0, 0.1) is 12.8 Å². The standard InChI is InChI=1S/C22H26N4O2/c1-14-23-10-20(21(27)24-14)22(28)26-12-15-6-7-18(26)13-25(11-15)19-8-16-4-2-3-5-17(16)9-19/h2-5,10,15,18-19H,6-9,11-13H2,1H3,(H,23,24,27)/t15-,18+/m0/s1. The summed E-state index contributed by atoms with van der Waals surface area (Å²) < 4.78 is 0. The van der Waals surface area contributed by atoms with Gasteiger partial charge < -0.3 is 9.88 Å². The van der Waals surface area contributed by atoms with Gasteiger partial charge in [0.1, 0.15) is 11.4 Å². The summed E-state index contributed by atoms with van der Waals surface area (Å²) in [5.41, 5.74) is 2.77. The molecule has 3 aliphatic heterocycles. The number of rotatable bonds is 2. The Balaban J connectivity index is 1.36. The number of amides is 1. The van der Waals surface area contributed by atoms with E-state index < -0.39 is 0 Å². The van der Waals surface area contributed by atoms with Crippen molar-refractivity contribution in [1.29, 1.82) is 0 Å². The highest BCUT2D eigenvalue weighted by Crippen LogP contribution is 2.33. The van der Waals surface area contributed by atoms with Gasteiger partial charge >= 0.3 is 0 Å². The smallest absolute Gasteiger partial charge is 0.263 e. The molecule has 0 radical (unpaired) electrons. The molecule has 0 spiro atoms. The lowest BCUT2D eigenvalue weighted by Gasteiger charge is -2.36. The number of carbonyl (C=O) groups excluding carboxylic acids is 1. The van der Waals surface area contributed by atoms with Crippen molar-refractivity contribution in [2.24, 2.45) is 5.92 Å². The van der Waals surface area contributed by atoms with Crippen LogP contribution in [0.2, 0.25) is 0 Å². The first-order valence-corrected chi connectivity index (χ1v) is 10.3. The van der Waals surface area contributed by atoms with E-state index in [1.807, 2.05) is 4.90 Å². The van der Waals surface area contributed by atoms with Gasteiger partial charge in [-0.05, 0) is 49.7 Å². The van der Waals surface area contributed by atoms with Crippen molar-refractivity contribution in [2.45, 2.75) is 44.7 Å². The molecule has 1 N–H and O–H groups in total. The van der Waals surface area contributed by atoms with Gasteiger partial charge in [-0.3, -0.25) is 14.5 Å². The molecule has 0 unspecified atom stereocenters. The third-order valence-corrected chi connectivity index (χ3v) is 6.71. The van der Waals surface area contributed by atoms with Gasteiger partial charge in [-0.2, -0.15) is 0 Å². The molecule has 0 saturated carbocycles. The lowest BCUT2D eigenvalue weighted by atomic mass is 9.94. The minimum Gasteiger partial charge on any atom is -0.334 e. The van der Waals surface area contributed by atoms with Gasteiger partial charge in [0.25, 0.3) is 11.5 Å². The van der Waals surface area contributed by atoms with Crippen LogP contribution in [0.15, 0.2) is 35.3 Å². The van der Waals surface area contributed by atoms with Gasteiger partial charge in [0, 0.05) is 37.9 Å². The summed E-state index contributed by atoms with van der Waals surface area (Å²) in [5, 5.41) is 0. The highest BCUT2D eigenvalue weighted by Gasteiger charge is 2.40. The zero-order valence-electron chi connectivity index (χ0n) is 16.2. The molecule has 4 aliphatic rings. The second kappa shape index (κ2) is 6.85. The van der Waals surface area contributed by atoms with Crippen LogP contribution in [0.4, 0.5) is 0 Å². The largest absolute Gasteiger partial charge is 0.334 e. The van der Waals surface area contributed by atoms with Crippen LogP contribution >= 0.6 is 0 Å². The monoisotopic (exact) mass is 378 g/mol. The quantitative estimate of drug-likeness (QED) is 0.865. The first-order chi connectivity index (χ1) is 13.6. The third-order valence-electron chi connectivity index (χ3n) is 6.71. The molecule has 6 rings (SSSR count). The molecule has 3 saturated heterocycles. The summed E-state index contributed by atoms with van der Waals surface area (Å²) in [7, 11) is 0. The Morgan fingerprint density at radius 1 is 1.07 bits per heavy atom. The molecule has 6 nitrogen and oxygen atoms in total. The van der Waals surface area contributed by atoms with Gasteiger partial charge in [0.15, 0.2) is 0 Å². The Morgan fingerprint density at radius 2 is 1.82 bits per heavy atom. The maximum absolute atomic E-state index is 13.1. The Labute approximate surface area is 164 Å². The number of H-pyrrole nitrogens is 1. The number of hydrogen-bond acceptors (Lipinski definition) is 4. The van der Waals surface area contributed by atoms with Crippen molar-refractivity contribution in [3.05, 3.63) is 63.3 Å². The first kappa shape index (κ1) is 17.6. The van der Waals surface area contributed by atoms with Crippen molar-refractivity contribution < 1.29 is 4.79 Å². The zero-order chi connectivity index (χ0) is 19.3. The van der Waals surface area contributed by atoms with Gasteiger partial charge in [-0.15, -0.1) is 0 Å². The van der Waals surface area contributed by atoms with Crippen LogP contribution in [0.5, 0.6) is 0 Å². The van der Waals surface area contributed by atoms with Crippen molar-refractivity contribution in [3.63, 3.8) is 0 Å². The molecule has 1 aromatic heterocycles. The summed E-state index contributed by atoms with van der Waals surface area (Å²) in [6.07, 6.45) is 5.81. The lowest BCUT2D eigenvalue weighted by Crippen LogP contribution is -2.49. The Hall–Kier alpha value is -2.47. The van der Waals surface area contributed by atoms with E-state index in [4.69, 9.17) is 0 Å². The Morgan fingerprint density at radius 3 is 2.54 bits per heavy atom. The molecule has 3 fully saturated rings. The minimum atomic E-state index is -0.333. The van der Waals surface area contributed by atoms with E-state index in [2.05, 4.69) is 39.1 Å². The van der Waals surface area contributed by atoms with E-state index in [1.54, 1.807) is 6.92 Å². The number of nitrogens with one attached hydrogen (secondary N) is 1. The summed E-state index contributed by atoms with van der Waals surface area (Å²) >= 11 is 0. The normalized spacial score (nSPS) is 25.0. The summed E-state index contributed by atoms with van der Waals surface area (Å²) in [4.78, 5) is 36.7. The van der Waals surface area contributed by atoms with Crippen LogP contribution in [0.3, 0.4) is 0 Å². The Bertz CT molecular complexity index is 944. The molecule has 1 amide bonds. The molecule has 146 valence electrons. The molecule has 1 aliphatic carbocycles. The molecule has 2 aromatic rings. The van der Waals surface area contributed by atoms with Gasteiger partial charge in [0.05, 0.1) is 0 Å². The maximum atomic E-state index is 13.1. The van der Waals surface area contributed by atoms with Gasteiger partial charge in [-0.25, -0.2) is 4.98 Å². The number of hydrogen-bond donors (Lipinski definition) is 1. The second-order valence-electron chi connectivity index (χ2n) is 8.55. The summed E-state index contributed by atoms with van der Waals surface area (Å²) in [6, 6.07) is 9.44. The topological polar surface area (TPSA) is 69.3 Å². The summed E-state index contributed by atoms with van der Waals surface area (Å²) in [6.45, 7) is 4.41. The van der Waals surface area contributed by atoms with Crippen LogP contribution in [0.1, 0.15) is 40.2 Å². The third kappa shape index (κ3) is 3.05. The van der Waals surface area contributed by atoms with Crippen LogP contribution in [-0.4, -0.2) is 57.4 Å². The van der Waals surface area contributed by atoms with Crippen molar-refractivity contribution >= 4 is 5.91 Å². The van der Waals surface area contributed by atoms with Gasteiger partial charge in [0.2, 0.25) is 0 Å². The van der Waals surface area contributed by atoms with Crippen molar-refractivity contribution in [1.82, 2.24) is 19.8 Å². The number of nitrogens with zero attached hydrogens (tertiary/aromatic N) is 3. The molecule has 28 heavy (non-hydrogen) atoms. The Kier molecular flexibility index (Phi) is 4.31. The van der Waals surface area contributed by atoms with E-state index in [1.165, 1.54) is 17.3 Å². The number of fused-ring (bicyclic) bond motifs is 5. The average molecular weight is 378 g/mol. The second-order valence-corrected chi connectivity index (χ2v) is 8.55. The number of aromatic nitrogens is 2. The molecule has 6 heteroatoms. The number of aryl methyl sites for hydroxylation is 1. The predicted molar refractivity (Wildman–Crippen MR) is 106 cm³/mol. The van der Waals surface area contributed by atoms with Crippen molar-refractivity contribution in [3.8, 4) is 0 Å². The number of aromatic amines is 1. The highest BCUT2D eigenvalue weighted by atomic mass is 16.2. The SMILES string of the molecule is Cc1ncc(C(=O)N2C[C@H]3CC[C@@H]2CN(C2Cc4ccccc4C2)C3)c(=O)[nH]1. The highest BCUT2D eigenvalue weighted by molar-refractivity contribution is 5.93. The summed E-state index contributed by atoms with van der Waals surface area (Å²) in [5.74, 6) is 0.842. The fourth-order valence-electron chi connectivity index (χ4n) is 5.25. The van der Waals surface area contributed by atoms with Crippen LogP contribution < -0.4 is 5.56 Å². The van der Waals surface area contributed by atoms with E-state index in [0.717, 1.165) is 45.3 Å². The van der Waals surface area contributed by atoms with E-state index in [0.29, 0.717) is 17.8 Å². The molecule has 2 bridgehead atoms. The predicted octanol–water partition coefficient (Wildman–Crippen LogP) is 1.78.